The highest BCUT2D eigenvalue weighted by Crippen LogP contribution is 2.32. The number of halogens is 2. The zero-order valence-corrected chi connectivity index (χ0v) is 10.3. The lowest BCUT2D eigenvalue weighted by Gasteiger charge is -2.13. The third kappa shape index (κ3) is 1.73. The molecule has 0 bridgehead atoms. The van der Waals surface area contributed by atoms with Crippen molar-refractivity contribution < 1.29 is 9.18 Å². The Morgan fingerprint density at radius 1 is 1.53 bits per heavy atom. The molecule has 3 rings (SSSR count). The Labute approximate surface area is 107 Å². The van der Waals surface area contributed by atoms with Crippen LogP contribution in [0.3, 0.4) is 0 Å². The highest BCUT2D eigenvalue weighted by molar-refractivity contribution is 8.00. The highest BCUT2D eigenvalue weighted by atomic mass is 35.5. The van der Waals surface area contributed by atoms with Gasteiger partial charge in [0.05, 0.1) is 22.3 Å². The van der Waals surface area contributed by atoms with Gasteiger partial charge in [-0.25, -0.2) is 9.40 Å². The molecule has 1 aromatic rings. The number of thioether (sulfide) groups is 1. The molecule has 0 radical (unpaired) electrons. The number of anilines is 1. The monoisotopic (exact) mass is 270 g/mol. The Kier molecular flexibility index (Phi) is 2.60. The van der Waals surface area contributed by atoms with Crippen LogP contribution in [-0.2, 0) is 4.79 Å². The fourth-order valence-corrected chi connectivity index (χ4v) is 3.19. The molecule has 0 aliphatic carbocycles. The van der Waals surface area contributed by atoms with E-state index in [1.807, 2.05) is 0 Å². The summed E-state index contributed by atoms with van der Waals surface area (Å²) in [5.41, 5.74) is 1.32. The number of benzene rings is 1. The summed E-state index contributed by atoms with van der Waals surface area (Å²) in [4.78, 5) is 12.0. The van der Waals surface area contributed by atoms with E-state index in [0.717, 1.165) is 17.2 Å². The number of hydrazone groups is 1. The normalized spacial score (nSPS) is 22.9. The fraction of sp³-hybridized carbons (Fsp3) is 0.273. The Morgan fingerprint density at radius 2 is 2.35 bits per heavy atom. The number of fused-ring (bicyclic) bond motifs is 1. The molecule has 88 valence electrons. The lowest BCUT2D eigenvalue weighted by molar-refractivity contribution is -0.119. The number of carbonyl (C=O) groups is 1. The average molecular weight is 271 g/mol. The molecule has 1 amide bonds. The molecule has 0 aromatic heterocycles. The molecule has 1 unspecified atom stereocenters. The first-order valence-corrected chi connectivity index (χ1v) is 6.64. The third-order valence-electron chi connectivity index (χ3n) is 2.82. The van der Waals surface area contributed by atoms with E-state index in [2.05, 4.69) is 5.10 Å². The van der Waals surface area contributed by atoms with Crippen LogP contribution in [0, 0.1) is 11.7 Å². The van der Waals surface area contributed by atoms with Crippen molar-refractivity contribution in [3.63, 3.8) is 0 Å². The Hall–Kier alpha value is -1.07. The smallest absolute Gasteiger partial charge is 0.257 e. The van der Waals surface area contributed by atoms with E-state index in [9.17, 15) is 9.18 Å². The summed E-state index contributed by atoms with van der Waals surface area (Å²) in [6.45, 7) is 0. The van der Waals surface area contributed by atoms with E-state index in [4.69, 9.17) is 11.6 Å². The molecule has 1 saturated heterocycles. The minimum Gasteiger partial charge on any atom is -0.272 e. The molecular weight excluding hydrogens is 263 g/mol. The second-order valence-electron chi connectivity index (χ2n) is 3.91. The van der Waals surface area contributed by atoms with Gasteiger partial charge in [0.2, 0.25) is 0 Å². The third-order valence-corrected chi connectivity index (χ3v) is 4.20. The summed E-state index contributed by atoms with van der Waals surface area (Å²) in [6, 6.07) is 4.27. The van der Waals surface area contributed by atoms with Gasteiger partial charge in [-0.05, 0) is 12.1 Å². The Morgan fingerprint density at radius 3 is 3.06 bits per heavy atom. The van der Waals surface area contributed by atoms with E-state index in [1.165, 1.54) is 17.1 Å². The van der Waals surface area contributed by atoms with Gasteiger partial charge in [0.25, 0.3) is 5.91 Å². The minimum atomic E-state index is -0.538. The van der Waals surface area contributed by atoms with Crippen molar-refractivity contribution in [2.75, 3.05) is 16.5 Å². The van der Waals surface area contributed by atoms with Crippen molar-refractivity contribution in [1.82, 2.24) is 0 Å². The molecule has 1 atom stereocenters. The van der Waals surface area contributed by atoms with E-state index < -0.39 is 5.82 Å². The Bertz CT molecular complexity index is 534. The molecule has 0 N–H and O–H groups in total. The second kappa shape index (κ2) is 3.99. The van der Waals surface area contributed by atoms with Crippen molar-refractivity contribution in [1.29, 1.82) is 0 Å². The van der Waals surface area contributed by atoms with Gasteiger partial charge in [-0.15, -0.1) is 0 Å². The molecule has 2 aliphatic rings. The summed E-state index contributed by atoms with van der Waals surface area (Å²) in [5, 5.41) is 5.56. The molecule has 6 heteroatoms. The SMILES string of the molecule is O=C1C2CSCC2=NN1c1ccc(Cl)c(F)c1. The summed E-state index contributed by atoms with van der Waals surface area (Å²) >= 11 is 7.30. The van der Waals surface area contributed by atoms with Gasteiger partial charge >= 0.3 is 0 Å². The summed E-state index contributed by atoms with van der Waals surface area (Å²) in [5.74, 6) is 0.807. The highest BCUT2D eigenvalue weighted by Gasteiger charge is 2.39. The van der Waals surface area contributed by atoms with E-state index in [-0.39, 0.29) is 16.8 Å². The zero-order chi connectivity index (χ0) is 12.0. The number of hydrogen-bond donors (Lipinski definition) is 0. The molecular formula is C11H8ClFN2OS. The van der Waals surface area contributed by atoms with Crippen LogP contribution in [0.15, 0.2) is 23.3 Å². The first-order valence-electron chi connectivity index (χ1n) is 5.11. The van der Waals surface area contributed by atoms with Crippen LogP contribution in [0.4, 0.5) is 10.1 Å². The van der Waals surface area contributed by atoms with Gasteiger partial charge < -0.3 is 0 Å². The van der Waals surface area contributed by atoms with Crippen molar-refractivity contribution in [3.8, 4) is 0 Å². The molecule has 3 nitrogen and oxygen atoms in total. The molecule has 1 aromatic carbocycles. The van der Waals surface area contributed by atoms with Crippen LogP contribution in [0.2, 0.25) is 5.02 Å². The van der Waals surface area contributed by atoms with Crippen LogP contribution < -0.4 is 5.01 Å². The van der Waals surface area contributed by atoms with E-state index in [0.29, 0.717) is 5.69 Å². The van der Waals surface area contributed by atoms with Gasteiger partial charge in [-0.2, -0.15) is 16.9 Å². The number of rotatable bonds is 1. The van der Waals surface area contributed by atoms with Crippen LogP contribution in [0.25, 0.3) is 0 Å². The van der Waals surface area contributed by atoms with Crippen LogP contribution >= 0.6 is 23.4 Å². The first kappa shape index (κ1) is 11.0. The predicted molar refractivity (Wildman–Crippen MR) is 67.1 cm³/mol. The summed E-state index contributed by atoms with van der Waals surface area (Å²) in [7, 11) is 0. The first-order chi connectivity index (χ1) is 8.16. The van der Waals surface area contributed by atoms with E-state index >= 15 is 0 Å². The maximum absolute atomic E-state index is 13.3. The van der Waals surface area contributed by atoms with Crippen LogP contribution in [-0.4, -0.2) is 23.1 Å². The van der Waals surface area contributed by atoms with Crippen molar-refractivity contribution in [2.45, 2.75) is 0 Å². The molecule has 17 heavy (non-hydrogen) atoms. The topological polar surface area (TPSA) is 32.7 Å². The van der Waals surface area contributed by atoms with Gasteiger partial charge in [0, 0.05) is 17.6 Å². The maximum atomic E-state index is 13.3. The van der Waals surface area contributed by atoms with Crippen molar-refractivity contribution in [3.05, 3.63) is 29.0 Å². The largest absolute Gasteiger partial charge is 0.272 e. The number of hydrogen-bond acceptors (Lipinski definition) is 3. The standard InChI is InChI=1S/C11H8ClFN2OS/c12-8-2-1-6(3-9(8)13)15-11(16)7-4-17-5-10(7)14-15/h1-3,7H,4-5H2. The molecule has 0 saturated carbocycles. The predicted octanol–water partition coefficient (Wildman–Crippen LogP) is 2.54. The lowest BCUT2D eigenvalue weighted by Crippen LogP contribution is -2.27. The number of nitrogens with zero attached hydrogens (tertiary/aromatic N) is 2. The van der Waals surface area contributed by atoms with Gasteiger partial charge in [0.15, 0.2) is 0 Å². The molecule has 1 fully saturated rings. The number of amides is 1. The maximum Gasteiger partial charge on any atom is 0.257 e. The van der Waals surface area contributed by atoms with E-state index in [1.54, 1.807) is 17.8 Å². The quantitative estimate of drug-likeness (QED) is 0.786. The molecule has 2 heterocycles. The van der Waals surface area contributed by atoms with Crippen molar-refractivity contribution >= 4 is 40.7 Å². The summed E-state index contributed by atoms with van der Waals surface area (Å²) in [6.07, 6.45) is 0. The van der Waals surface area contributed by atoms with Gasteiger partial charge in [0.1, 0.15) is 5.82 Å². The van der Waals surface area contributed by atoms with Crippen LogP contribution in [0.5, 0.6) is 0 Å². The summed E-state index contributed by atoms with van der Waals surface area (Å²) < 4.78 is 13.3. The zero-order valence-electron chi connectivity index (χ0n) is 8.69. The van der Waals surface area contributed by atoms with Crippen molar-refractivity contribution in [2.24, 2.45) is 11.0 Å². The van der Waals surface area contributed by atoms with Gasteiger partial charge in [-0.3, -0.25) is 4.79 Å². The molecule has 0 spiro atoms. The van der Waals surface area contributed by atoms with Crippen LogP contribution in [0.1, 0.15) is 0 Å². The number of carbonyl (C=O) groups excluding carboxylic acids is 1. The average Bonchev–Trinajstić information content (AvgIpc) is 2.86. The molecule has 2 aliphatic heterocycles. The lowest BCUT2D eigenvalue weighted by atomic mass is 10.1. The second-order valence-corrected chi connectivity index (χ2v) is 5.34. The Balaban J connectivity index is 1.97. The fourth-order valence-electron chi connectivity index (χ4n) is 1.92. The minimum absolute atomic E-state index is 0.0452. The van der Waals surface area contributed by atoms with Gasteiger partial charge in [-0.1, -0.05) is 11.6 Å².